The average Bonchev–Trinajstić information content (AvgIpc) is 2.62. The largest absolute Gasteiger partial charge is 0.342 e. The van der Waals surface area contributed by atoms with E-state index < -0.39 is 11.2 Å². The van der Waals surface area contributed by atoms with Gasteiger partial charge in [-0.15, -0.1) is 12.4 Å². The second-order valence-corrected chi connectivity index (χ2v) is 6.58. The van der Waals surface area contributed by atoms with Crippen molar-refractivity contribution in [3.8, 4) is 0 Å². The number of piperidine rings is 1. The van der Waals surface area contributed by atoms with Crippen LogP contribution in [0.1, 0.15) is 19.3 Å². The number of H-pyrrole nitrogens is 1. The van der Waals surface area contributed by atoms with Gasteiger partial charge in [0, 0.05) is 26.1 Å². The van der Waals surface area contributed by atoms with Gasteiger partial charge >= 0.3 is 5.69 Å². The summed E-state index contributed by atoms with van der Waals surface area (Å²) in [4.78, 5) is 40.8. The number of carbonyl (C=O) groups is 1. The van der Waals surface area contributed by atoms with E-state index >= 15 is 0 Å². The maximum atomic E-state index is 12.6. The lowest BCUT2D eigenvalue weighted by atomic mass is 9.98. The highest BCUT2D eigenvalue weighted by Crippen LogP contribution is 2.17. The third kappa shape index (κ3) is 4.34. The number of nitrogens with zero attached hydrogens (tertiary/aromatic N) is 2. The van der Waals surface area contributed by atoms with E-state index in [1.165, 1.54) is 4.57 Å². The Morgan fingerprint density at radius 1 is 1.31 bits per heavy atom. The smallest absolute Gasteiger partial charge is 0.328 e. The molecule has 1 saturated heterocycles. The van der Waals surface area contributed by atoms with Crippen LogP contribution in [0.4, 0.5) is 0 Å². The zero-order valence-corrected chi connectivity index (χ0v) is 15.7. The molecule has 2 aromatic rings. The lowest BCUT2D eigenvalue weighted by Gasteiger charge is -2.32. The fourth-order valence-electron chi connectivity index (χ4n) is 3.58. The SMILES string of the molecule is CNCC1CCCN(C(=O)CCn2c(=O)[nH]c(=O)c3ccccc32)C1.Cl. The average molecular weight is 381 g/mol. The minimum absolute atomic E-state index is 0. The summed E-state index contributed by atoms with van der Waals surface area (Å²) in [7, 11) is 1.93. The first-order chi connectivity index (χ1) is 12.1. The topological polar surface area (TPSA) is 87.2 Å². The summed E-state index contributed by atoms with van der Waals surface area (Å²) in [6, 6.07) is 6.96. The van der Waals surface area contributed by atoms with E-state index in [0.29, 0.717) is 16.8 Å². The van der Waals surface area contributed by atoms with Gasteiger partial charge in [-0.2, -0.15) is 0 Å². The molecule has 0 spiro atoms. The number of aromatic amines is 1. The van der Waals surface area contributed by atoms with E-state index in [4.69, 9.17) is 0 Å². The molecule has 0 radical (unpaired) electrons. The number of fused-ring (bicyclic) bond motifs is 1. The lowest BCUT2D eigenvalue weighted by Crippen LogP contribution is -2.43. The van der Waals surface area contributed by atoms with Gasteiger partial charge in [-0.1, -0.05) is 12.1 Å². The van der Waals surface area contributed by atoms with Crippen LogP contribution in [0.25, 0.3) is 10.9 Å². The van der Waals surface area contributed by atoms with Crippen molar-refractivity contribution in [2.24, 2.45) is 5.92 Å². The lowest BCUT2D eigenvalue weighted by molar-refractivity contribution is -0.133. The second kappa shape index (κ2) is 9.00. The Kier molecular flexibility index (Phi) is 6.99. The summed E-state index contributed by atoms with van der Waals surface area (Å²) in [6.07, 6.45) is 2.40. The Morgan fingerprint density at radius 2 is 2.08 bits per heavy atom. The van der Waals surface area contributed by atoms with Crippen LogP contribution in [-0.4, -0.2) is 47.0 Å². The molecule has 1 atom stereocenters. The van der Waals surface area contributed by atoms with Crippen molar-refractivity contribution in [2.45, 2.75) is 25.8 Å². The molecule has 2 heterocycles. The predicted octanol–water partition coefficient (Wildman–Crippen LogP) is 0.960. The third-order valence-electron chi connectivity index (χ3n) is 4.82. The minimum atomic E-state index is -0.469. The van der Waals surface area contributed by atoms with Crippen molar-refractivity contribution < 1.29 is 4.79 Å². The molecular formula is C18H25ClN4O3. The van der Waals surface area contributed by atoms with Gasteiger partial charge in [-0.05, 0) is 44.5 Å². The number of carbonyl (C=O) groups excluding carboxylic acids is 1. The fraction of sp³-hybridized carbons (Fsp3) is 0.500. The van der Waals surface area contributed by atoms with Gasteiger partial charge in [-0.25, -0.2) is 4.79 Å². The van der Waals surface area contributed by atoms with E-state index in [1.807, 2.05) is 11.9 Å². The number of aromatic nitrogens is 2. The number of rotatable bonds is 5. The number of para-hydroxylation sites is 1. The van der Waals surface area contributed by atoms with Crippen LogP contribution in [0.5, 0.6) is 0 Å². The molecular weight excluding hydrogens is 356 g/mol. The summed E-state index contributed by atoms with van der Waals surface area (Å²) < 4.78 is 1.48. The molecule has 0 bridgehead atoms. The van der Waals surface area contributed by atoms with Crippen molar-refractivity contribution in [3.05, 3.63) is 45.1 Å². The van der Waals surface area contributed by atoms with Gasteiger partial charge in [0.15, 0.2) is 0 Å². The molecule has 0 saturated carbocycles. The summed E-state index contributed by atoms with van der Waals surface area (Å²) in [5.41, 5.74) is -0.298. The van der Waals surface area contributed by atoms with Gasteiger partial charge in [-0.3, -0.25) is 19.1 Å². The van der Waals surface area contributed by atoms with Crippen LogP contribution < -0.4 is 16.6 Å². The third-order valence-corrected chi connectivity index (χ3v) is 4.82. The summed E-state index contributed by atoms with van der Waals surface area (Å²) in [6.45, 7) is 2.72. The van der Waals surface area contributed by atoms with E-state index in [-0.39, 0.29) is 31.3 Å². The number of amides is 1. The highest BCUT2D eigenvalue weighted by molar-refractivity contribution is 5.85. The van der Waals surface area contributed by atoms with Crippen LogP contribution in [0.3, 0.4) is 0 Å². The van der Waals surface area contributed by atoms with Crippen molar-refractivity contribution >= 4 is 29.2 Å². The van der Waals surface area contributed by atoms with Crippen molar-refractivity contribution in [1.82, 2.24) is 19.8 Å². The molecule has 1 amide bonds. The molecule has 1 fully saturated rings. The van der Waals surface area contributed by atoms with Crippen LogP contribution in [0.15, 0.2) is 33.9 Å². The maximum absolute atomic E-state index is 12.6. The number of halogens is 1. The number of nitrogens with one attached hydrogen (secondary N) is 2. The van der Waals surface area contributed by atoms with Crippen molar-refractivity contribution in [2.75, 3.05) is 26.7 Å². The molecule has 0 aliphatic carbocycles. The van der Waals surface area contributed by atoms with Crippen LogP contribution >= 0.6 is 12.4 Å². The highest BCUT2D eigenvalue weighted by Gasteiger charge is 2.23. The molecule has 7 nitrogen and oxygen atoms in total. The first-order valence-corrected chi connectivity index (χ1v) is 8.74. The molecule has 26 heavy (non-hydrogen) atoms. The Balaban J connectivity index is 0.00000243. The van der Waals surface area contributed by atoms with E-state index in [1.54, 1.807) is 24.3 Å². The van der Waals surface area contributed by atoms with E-state index in [0.717, 1.165) is 32.5 Å². The van der Waals surface area contributed by atoms with E-state index in [9.17, 15) is 14.4 Å². The molecule has 3 rings (SSSR count). The van der Waals surface area contributed by atoms with E-state index in [2.05, 4.69) is 10.3 Å². The predicted molar refractivity (Wildman–Crippen MR) is 104 cm³/mol. The Labute approximate surface area is 157 Å². The van der Waals surface area contributed by atoms with Gasteiger partial charge < -0.3 is 10.2 Å². The van der Waals surface area contributed by atoms with Crippen LogP contribution in [0, 0.1) is 5.92 Å². The Hall–Kier alpha value is -2.12. The Morgan fingerprint density at radius 3 is 2.85 bits per heavy atom. The highest BCUT2D eigenvalue weighted by atomic mass is 35.5. The number of hydrogen-bond acceptors (Lipinski definition) is 4. The molecule has 1 aromatic heterocycles. The summed E-state index contributed by atoms with van der Waals surface area (Å²) in [5, 5.41) is 3.63. The number of hydrogen-bond donors (Lipinski definition) is 2. The second-order valence-electron chi connectivity index (χ2n) is 6.58. The Bertz CT molecular complexity index is 875. The molecule has 142 valence electrons. The normalized spacial score (nSPS) is 17.1. The molecule has 1 aliphatic heterocycles. The first-order valence-electron chi connectivity index (χ1n) is 8.74. The van der Waals surface area contributed by atoms with Crippen LogP contribution in [0.2, 0.25) is 0 Å². The van der Waals surface area contributed by atoms with Gasteiger partial charge in [0.2, 0.25) is 5.91 Å². The van der Waals surface area contributed by atoms with Crippen molar-refractivity contribution in [3.63, 3.8) is 0 Å². The molecule has 2 N–H and O–H groups in total. The maximum Gasteiger partial charge on any atom is 0.328 e. The van der Waals surface area contributed by atoms with Crippen molar-refractivity contribution in [1.29, 1.82) is 0 Å². The fourth-order valence-corrected chi connectivity index (χ4v) is 3.58. The quantitative estimate of drug-likeness (QED) is 0.808. The van der Waals surface area contributed by atoms with Gasteiger partial charge in [0.1, 0.15) is 0 Å². The minimum Gasteiger partial charge on any atom is -0.342 e. The first kappa shape index (κ1) is 20.2. The molecule has 8 heteroatoms. The standard InChI is InChI=1S/C18H24N4O3.ClH/c1-19-11-13-5-4-9-21(12-13)16(23)8-10-22-15-7-3-2-6-14(15)17(24)20-18(22)25;/h2-3,6-7,13,19H,4-5,8-12H2,1H3,(H,20,24,25);1H. The molecule has 1 aromatic carbocycles. The molecule has 1 aliphatic rings. The van der Waals surface area contributed by atoms with Crippen LogP contribution in [-0.2, 0) is 11.3 Å². The molecule has 1 unspecified atom stereocenters. The van der Waals surface area contributed by atoms with Gasteiger partial charge in [0.05, 0.1) is 10.9 Å². The number of aryl methyl sites for hydroxylation is 1. The number of benzene rings is 1. The summed E-state index contributed by atoms with van der Waals surface area (Å²) >= 11 is 0. The zero-order valence-electron chi connectivity index (χ0n) is 14.9. The monoisotopic (exact) mass is 380 g/mol. The number of likely N-dealkylation sites (tertiary alicyclic amines) is 1. The summed E-state index contributed by atoms with van der Waals surface area (Å²) in [5.74, 6) is 0.544. The van der Waals surface area contributed by atoms with Gasteiger partial charge in [0.25, 0.3) is 5.56 Å². The zero-order chi connectivity index (χ0) is 17.8.